The van der Waals surface area contributed by atoms with Crippen LogP contribution in [0.3, 0.4) is 0 Å². The topological polar surface area (TPSA) is 77.1 Å². The maximum Gasteiger partial charge on any atom is 0.271 e. The lowest BCUT2D eigenvalue weighted by Crippen LogP contribution is -1.85. The SMILES string of the molecule is COc1ccsc1N=Nc1cccc([N+](=O)[O-])c1. The van der Waals surface area contributed by atoms with Crippen molar-refractivity contribution in [2.45, 2.75) is 0 Å². The van der Waals surface area contributed by atoms with Gasteiger partial charge in [0.25, 0.3) is 5.69 Å². The average Bonchev–Trinajstić information content (AvgIpc) is 2.84. The van der Waals surface area contributed by atoms with Crippen LogP contribution in [0.15, 0.2) is 45.9 Å². The number of ether oxygens (including phenoxy) is 1. The molecule has 0 aliphatic heterocycles. The van der Waals surface area contributed by atoms with E-state index >= 15 is 0 Å². The van der Waals surface area contributed by atoms with Gasteiger partial charge in [0.05, 0.1) is 17.7 Å². The molecule has 0 radical (unpaired) electrons. The van der Waals surface area contributed by atoms with Gasteiger partial charge in [-0.1, -0.05) is 6.07 Å². The molecule has 0 fully saturated rings. The van der Waals surface area contributed by atoms with Crippen LogP contribution in [0.1, 0.15) is 0 Å². The third kappa shape index (κ3) is 2.69. The van der Waals surface area contributed by atoms with Gasteiger partial charge in [0.1, 0.15) is 0 Å². The van der Waals surface area contributed by atoms with Gasteiger partial charge in [0, 0.05) is 12.1 Å². The van der Waals surface area contributed by atoms with Crippen LogP contribution in [-0.4, -0.2) is 12.0 Å². The Morgan fingerprint density at radius 2 is 2.17 bits per heavy atom. The number of hydrogen-bond donors (Lipinski definition) is 0. The molecule has 1 aromatic carbocycles. The molecule has 1 heterocycles. The van der Waals surface area contributed by atoms with Crippen molar-refractivity contribution in [3.8, 4) is 5.75 Å². The number of nitro groups is 1. The Hall–Kier alpha value is -2.28. The van der Waals surface area contributed by atoms with E-state index < -0.39 is 4.92 Å². The molecular formula is C11H9N3O3S. The Kier molecular flexibility index (Phi) is 3.63. The van der Waals surface area contributed by atoms with Gasteiger partial charge in [-0.2, -0.15) is 0 Å². The molecule has 0 aliphatic carbocycles. The fraction of sp³-hybridized carbons (Fsp3) is 0.0909. The lowest BCUT2D eigenvalue weighted by Gasteiger charge is -1.95. The Morgan fingerprint density at radius 1 is 1.33 bits per heavy atom. The zero-order chi connectivity index (χ0) is 13.0. The van der Waals surface area contributed by atoms with E-state index in [2.05, 4.69) is 10.2 Å². The molecule has 0 saturated carbocycles. The summed E-state index contributed by atoms with van der Waals surface area (Å²) in [5.41, 5.74) is 0.421. The van der Waals surface area contributed by atoms with Gasteiger partial charge in [-0.05, 0) is 17.5 Å². The molecule has 0 spiro atoms. The van der Waals surface area contributed by atoms with E-state index in [-0.39, 0.29) is 5.69 Å². The summed E-state index contributed by atoms with van der Waals surface area (Å²) in [5.74, 6) is 0.634. The van der Waals surface area contributed by atoms with E-state index in [4.69, 9.17) is 4.74 Å². The Labute approximate surface area is 107 Å². The third-order valence-corrected chi connectivity index (χ3v) is 2.90. The molecule has 2 rings (SSSR count). The second-order valence-electron chi connectivity index (χ2n) is 3.27. The number of non-ortho nitro benzene ring substituents is 1. The summed E-state index contributed by atoms with van der Waals surface area (Å²) < 4.78 is 5.08. The van der Waals surface area contributed by atoms with Crippen LogP contribution in [0, 0.1) is 10.1 Å². The third-order valence-electron chi connectivity index (χ3n) is 2.13. The highest BCUT2D eigenvalue weighted by Gasteiger charge is 2.06. The lowest BCUT2D eigenvalue weighted by atomic mass is 10.3. The first-order valence-corrected chi connectivity index (χ1v) is 5.86. The van der Waals surface area contributed by atoms with Gasteiger partial charge in [-0.25, -0.2) is 0 Å². The minimum Gasteiger partial charge on any atom is -0.494 e. The summed E-state index contributed by atoms with van der Waals surface area (Å²) in [6, 6.07) is 7.77. The van der Waals surface area contributed by atoms with E-state index in [1.165, 1.54) is 23.5 Å². The van der Waals surface area contributed by atoms with E-state index in [9.17, 15) is 10.1 Å². The fourth-order valence-electron chi connectivity index (χ4n) is 1.29. The van der Waals surface area contributed by atoms with Crippen LogP contribution >= 0.6 is 11.3 Å². The van der Waals surface area contributed by atoms with Crippen molar-refractivity contribution in [1.82, 2.24) is 0 Å². The Bertz CT molecular complexity index is 595. The minimum atomic E-state index is -0.468. The number of methoxy groups -OCH3 is 1. The molecule has 1 aromatic heterocycles. The normalized spacial score (nSPS) is 10.7. The van der Waals surface area contributed by atoms with Gasteiger partial charge in [0.2, 0.25) is 0 Å². The van der Waals surface area contributed by atoms with Crippen molar-refractivity contribution in [3.63, 3.8) is 0 Å². The van der Waals surface area contributed by atoms with Gasteiger partial charge >= 0.3 is 0 Å². The summed E-state index contributed by atoms with van der Waals surface area (Å²) in [5, 5.41) is 21.0. The molecule has 92 valence electrons. The second kappa shape index (κ2) is 5.37. The van der Waals surface area contributed by atoms with Crippen molar-refractivity contribution in [2.24, 2.45) is 10.2 Å². The van der Waals surface area contributed by atoms with Crippen LogP contribution in [0.2, 0.25) is 0 Å². The van der Waals surface area contributed by atoms with Crippen molar-refractivity contribution in [1.29, 1.82) is 0 Å². The van der Waals surface area contributed by atoms with E-state index in [0.29, 0.717) is 16.4 Å². The molecule has 7 heteroatoms. The first kappa shape index (κ1) is 12.2. The molecule has 0 atom stereocenters. The van der Waals surface area contributed by atoms with Gasteiger partial charge in [0.15, 0.2) is 10.8 Å². The molecule has 0 aliphatic rings. The highest BCUT2D eigenvalue weighted by atomic mass is 32.1. The first-order valence-electron chi connectivity index (χ1n) is 4.98. The monoisotopic (exact) mass is 263 g/mol. The number of thiophene rings is 1. The smallest absolute Gasteiger partial charge is 0.271 e. The molecule has 18 heavy (non-hydrogen) atoms. The maximum absolute atomic E-state index is 10.6. The van der Waals surface area contributed by atoms with E-state index in [0.717, 1.165) is 0 Å². The molecule has 2 aromatic rings. The van der Waals surface area contributed by atoms with Crippen LogP contribution < -0.4 is 4.74 Å². The standard InChI is InChI=1S/C11H9N3O3S/c1-17-10-5-6-18-11(10)13-12-8-3-2-4-9(7-8)14(15)16/h2-7H,1H3. The second-order valence-corrected chi connectivity index (χ2v) is 4.17. The number of rotatable bonds is 4. The van der Waals surface area contributed by atoms with Crippen molar-refractivity contribution >= 4 is 27.7 Å². The number of azo groups is 1. The molecule has 6 nitrogen and oxygen atoms in total. The highest BCUT2D eigenvalue weighted by Crippen LogP contribution is 2.34. The van der Waals surface area contributed by atoms with Crippen molar-refractivity contribution in [2.75, 3.05) is 7.11 Å². The molecule has 0 bridgehead atoms. The van der Waals surface area contributed by atoms with Gasteiger partial charge < -0.3 is 4.74 Å². The summed E-state index contributed by atoms with van der Waals surface area (Å²) in [7, 11) is 1.55. The Balaban J connectivity index is 2.23. The predicted octanol–water partition coefficient (Wildman–Crippen LogP) is 4.08. The molecule has 0 N–H and O–H groups in total. The fourth-order valence-corrected chi connectivity index (χ4v) is 1.97. The zero-order valence-corrected chi connectivity index (χ0v) is 10.3. The zero-order valence-electron chi connectivity index (χ0n) is 9.44. The van der Waals surface area contributed by atoms with Crippen LogP contribution in [0.4, 0.5) is 16.4 Å². The van der Waals surface area contributed by atoms with E-state index in [1.54, 1.807) is 25.3 Å². The summed E-state index contributed by atoms with van der Waals surface area (Å²) >= 11 is 1.38. The largest absolute Gasteiger partial charge is 0.494 e. The van der Waals surface area contributed by atoms with Crippen LogP contribution in [0.25, 0.3) is 0 Å². The van der Waals surface area contributed by atoms with Crippen LogP contribution in [-0.2, 0) is 0 Å². The molecular weight excluding hydrogens is 254 g/mol. The van der Waals surface area contributed by atoms with Crippen LogP contribution in [0.5, 0.6) is 5.75 Å². The molecule has 0 saturated heterocycles. The minimum absolute atomic E-state index is 0.00963. The first-order chi connectivity index (χ1) is 8.70. The van der Waals surface area contributed by atoms with E-state index in [1.807, 2.05) is 5.38 Å². The summed E-state index contributed by atoms with van der Waals surface area (Å²) in [6.07, 6.45) is 0. The number of nitro benzene ring substituents is 1. The number of benzene rings is 1. The quantitative estimate of drug-likeness (QED) is 0.473. The predicted molar refractivity (Wildman–Crippen MR) is 68.1 cm³/mol. The lowest BCUT2D eigenvalue weighted by molar-refractivity contribution is -0.384. The maximum atomic E-state index is 10.6. The Morgan fingerprint density at radius 3 is 2.89 bits per heavy atom. The highest BCUT2D eigenvalue weighted by molar-refractivity contribution is 7.14. The summed E-state index contributed by atoms with van der Waals surface area (Å²) in [4.78, 5) is 10.1. The molecule has 0 amide bonds. The average molecular weight is 263 g/mol. The van der Waals surface area contributed by atoms with Crippen molar-refractivity contribution in [3.05, 3.63) is 45.8 Å². The van der Waals surface area contributed by atoms with Gasteiger partial charge in [-0.3, -0.25) is 10.1 Å². The number of hydrogen-bond acceptors (Lipinski definition) is 6. The molecule has 0 unspecified atom stereocenters. The van der Waals surface area contributed by atoms with Crippen molar-refractivity contribution < 1.29 is 9.66 Å². The number of nitrogens with zero attached hydrogens (tertiary/aromatic N) is 3. The van der Waals surface area contributed by atoms with Gasteiger partial charge in [-0.15, -0.1) is 21.6 Å². The summed E-state index contributed by atoms with van der Waals surface area (Å²) in [6.45, 7) is 0.